The number of carbonyl (C=O) groups excluding carboxylic acids is 2. The van der Waals surface area contributed by atoms with Crippen LogP contribution in [-0.2, 0) is 26.2 Å². The molecule has 1 N–H and O–H groups in total. The number of methoxy groups -OCH3 is 2. The van der Waals surface area contributed by atoms with Gasteiger partial charge in [0.05, 0.1) is 24.8 Å². The molecule has 0 spiro atoms. The first-order valence-corrected chi connectivity index (χ1v) is 14.4. The standard InChI is InChI=1S/C30H37N3O6S/c1-22(2)19-31-30(35)23(3)32(20-24-15-17-25(38-4)18-16-24)29(34)21-33(27-13-9-10-14-28(27)39-5)40(36,37)26-11-7-6-8-12-26/h6-18,22-23H,19-21H2,1-5H3,(H,31,35)/t23-/m0/s1. The van der Waals surface area contributed by atoms with E-state index in [1.807, 2.05) is 13.8 Å². The Hall–Kier alpha value is -4.05. The topological polar surface area (TPSA) is 105 Å². The molecule has 9 nitrogen and oxygen atoms in total. The molecule has 3 aromatic carbocycles. The highest BCUT2D eigenvalue weighted by molar-refractivity contribution is 7.92. The maximum absolute atomic E-state index is 14.0. The van der Waals surface area contributed by atoms with E-state index < -0.39 is 28.5 Å². The van der Waals surface area contributed by atoms with Gasteiger partial charge in [0, 0.05) is 13.1 Å². The van der Waals surface area contributed by atoms with Gasteiger partial charge in [-0.15, -0.1) is 0 Å². The lowest BCUT2D eigenvalue weighted by Crippen LogP contribution is -2.51. The van der Waals surface area contributed by atoms with Crippen LogP contribution in [0.1, 0.15) is 26.3 Å². The number of hydrogen-bond acceptors (Lipinski definition) is 6. The second kappa shape index (κ2) is 13.8. The fraction of sp³-hybridized carbons (Fsp3) is 0.333. The summed E-state index contributed by atoms with van der Waals surface area (Å²) in [6, 6.07) is 20.8. The second-order valence-corrected chi connectivity index (χ2v) is 11.5. The molecule has 10 heteroatoms. The average Bonchev–Trinajstić information content (AvgIpc) is 2.97. The normalized spacial score (nSPS) is 11.9. The summed E-state index contributed by atoms with van der Waals surface area (Å²) in [6.45, 7) is 5.58. The summed E-state index contributed by atoms with van der Waals surface area (Å²) in [6.07, 6.45) is 0. The Balaban J connectivity index is 2.03. The summed E-state index contributed by atoms with van der Waals surface area (Å²) >= 11 is 0. The first kappa shape index (κ1) is 30.5. The molecule has 0 aliphatic rings. The lowest BCUT2D eigenvalue weighted by Gasteiger charge is -2.32. The number of rotatable bonds is 13. The molecule has 0 bridgehead atoms. The van der Waals surface area contributed by atoms with Crippen molar-refractivity contribution in [2.75, 3.05) is 31.6 Å². The Morgan fingerprint density at radius 2 is 1.48 bits per heavy atom. The molecule has 0 saturated heterocycles. The molecule has 0 aromatic heterocycles. The quantitative estimate of drug-likeness (QED) is 0.334. The number of para-hydroxylation sites is 2. The molecule has 0 heterocycles. The number of ether oxygens (including phenoxy) is 2. The zero-order valence-corrected chi connectivity index (χ0v) is 24.4. The van der Waals surface area contributed by atoms with Gasteiger partial charge in [0.15, 0.2) is 0 Å². The monoisotopic (exact) mass is 567 g/mol. The van der Waals surface area contributed by atoms with E-state index in [4.69, 9.17) is 9.47 Å². The van der Waals surface area contributed by atoms with Crippen LogP contribution in [0.4, 0.5) is 5.69 Å². The molecule has 3 rings (SSSR count). The zero-order valence-electron chi connectivity index (χ0n) is 23.5. The molecule has 0 aliphatic heterocycles. The Bertz CT molecular complexity index is 1380. The number of carbonyl (C=O) groups is 2. The Kier molecular flexibility index (Phi) is 10.6. The Morgan fingerprint density at radius 1 is 0.850 bits per heavy atom. The second-order valence-electron chi connectivity index (χ2n) is 9.68. The molecular formula is C30H37N3O6S. The van der Waals surface area contributed by atoms with Gasteiger partial charge in [-0.25, -0.2) is 8.42 Å². The van der Waals surface area contributed by atoms with E-state index in [0.717, 1.165) is 9.87 Å². The minimum absolute atomic E-state index is 0.0261. The smallest absolute Gasteiger partial charge is 0.264 e. The van der Waals surface area contributed by atoms with Crippen molar-refractivity contribution in [1.29, 1.82) is 0 Å². The number of anilines is 1. The summed E-state index contributed by atoms with van der Waals surface area (Å²) in [4.78, 5) is 28.5. The van der Waals surface area contributed by atoms with Crippen LogP contribution in [0, 0.1) is 5.92 Å². The highest BCUT2D eigenvalue weighted by Crippen LogP contribution is 2.32. The number of nitrogens with zero attached hydrogens (tertiary/aromatic N) is 2. The van der Waals surface area contributed by atoms with Gasteiger partial charge in [-0.2, -0.15) is 0 Å². The molecule has 0 aliphatic carbocycles. The van der Waals surface area contributed by atoms with Crippen molar-refractivity contribution in [2.45, 2.75) is 38.3 Å². The van der Waals surface area contributed by atoms with E-state index in [1.54, 1.807) is 80.8 Å². The van der Waals surface area contributed by atoms with Crippen LogP contribution >= 0.6 is 0 Å². The predicted molar refractivity (Wildman–Crippen MR) is 155 cm³/mol. The molecule has 0 unspecified atom stereocenters. The van der Waals surface area contributed by atoms with Gasteiger partial charge < -0.3 is 19.7 Å². The van der Waals surface area contributed by atoms with Crippen LogP contribution in [0.25, 0.3) is 0 Å². The van der Waals surface area contributed by atoms with E-state index in [0.29, 0.717) is 18.0 Å². The molecule has 0 saturated carbocycles. The summed E-state index contributed by atoms with van der Waals surface area (Å²) in [5.74, 6) is 0.289. The van der Waals surface area contributed by atoms with Crippen molar-refractivity contribution < 1.29 is 27.5 Å². The van der Waals surface area contributed by atoms with Crippen molar-refractivity contribution in [3.05, 3.63) is 84.4 Å². The van der Waals surface area contributed by atoms with Gasteiger partial charge >= 0.3 is 0 Å². The lowest BCUT2D eigenvalue weighted by atomic mass is 10.1. The van der Waals surface area contributed by atoms with E-state index in [2.05, 4.69) is 5.32 Å². The van der Waals surface area contributed by atoms with Gasteiger partial charge in [-0.3, -0.25) is 13.9 Å². The minimum atomic E-state index is -4.18. The van der Waals surface area contributed by atoms with Gasteiger partial charge in [0.2, 0.25) is 11.8 Å². The van der Waals surface area contributed by atoms with Crippen molar-refractivity contribution >= 4 is 27.5 Å². The predicted octanol–water partition coefficient (Wildman–Crippen LogP) is 4.09. The highest BCUT2D eigenvalue weighted by Gasteiger charge is 2.33. The Morgan fingerprint density at radius 3 is 2.08 bits per heavy atom. The summed E-state index contributed by atoms with van der Waals surface area (Å²) in [5.41, 5.74) is 0.968. The van der Waals surface area contributed by atoms with E-state index in [9.17, 15) is 18.0 Å². The summed E-state index contributed by atoms with van der Waals surface area (Å²) < 4.78 is 39.5. The Labute approximate surface area is 236 Å². The van der Waals surface area contributed by atoms with Gasteiger partial charge in [-0.05, 0) is 54.8 Å². The van der Waals surface area contributed by atoms with Crippen LogP contribution in [-0.4, -0.2) is 58.5 Å². The molecular weight excluding hydrogens is 530 g/mol. The first-order valence-electron chi connectivity index (χ1n) is 13.0. The molecule has 3 aromatic rings. The van der Waals surface area contributed by atoms with Crippen LogP contribution in [0.5, 0.6) is 11.5 Å². The number of hydrogen-bond donors (Lipinski definition) is 1. The van der Waals surface area contributed by atoms with Crippen molar-refractivity contribution in [3.63, 3.8) is 0 Å². The van der Waals surface area contributed by atoms with Gasteiger partial charge in [0.1, 0.15) is 24.1 Å². The lowest BCUT2D eigenvalue weighted by molar-refractivity contribution is -0.139. The third-order valence-electron chi connectivity index (χ3n) is 6.33. The molecule has 2 amide bonds. The number of amides is 2. The van der Waals surface area contributed by atoms with E-state index in [-0.39, 0.29) is 29.0 Å². The van der Waals surface area contributed by atoms with Crippen LogP contribution in [0.3, 0.4) is 0 Å². The summed E-state index contributed by atoms with van der Waals surface area (Å²) in [7, 11) is -1.18. The minimum Gasteiger partial charge on any atom is -0.497 e. The third kappa shape index (κ3) is 7.53. The molecule has 214 valence electrons. The van der Waals surface area contributed by atoms with Crippen molar-refractivity contribution in [2.24, 2.45) is 5.92 Å². The number of benzene rings is 3. The van der Waals surface area contributed by atoms with E-state index >= 15 is 0 Å². The van der Waals surface area contributed by atoms with Crippen LogP contribution in [0.15, 0.2) is 83.8 Å². The maximum Gasteiger partial charge on any atom is 0.264 e. The van der Waals surface area contributed by atoms with Gasteiger partial charge in [0.25, 0.3) is 10.0 Å². The van der Waals surface area contributed by atoms with Crippen molar-refractivity contribution in [1.82, 2.24) is 10.2 Å². The molecule has 0 fully saturated rings. The third-order valence-corrected chi connectivity index (χ3v) is 8.10. The summed E-state index contributed by atoms with van der Waals surface area (Å²) in [5, 5.41) is 2.88. The number of nitrogens with one attached hydrogen (secondary N) is 1. The van der Waals surface area contributed by atoms with E-state index in [1.165, 1.54) is 24.1 Å². The van der Waals surface area contributed by atoms with Crippen molar-refractivity contribution in [3.8, 4) is 11.5 Å². The zero-order chi connectivity index (χ0) is 29.3. The van der Waals surface area contributed by atoms with Crippen LogP contribution in [0.2, 0.25) is 0 Å². The van der Waals surface area contributed by atoms with Crippen LogP contribution < -0.4 is 19.1 Å². The maximum atomic E-state index is 14.0. The fourth-order valence-corrected chi connectivity index (χ4v) is 5.48. The largest absolute Gasteiger partial charge is 0.497 e. The highest BCUT2D eigenvalue weighted by atomic mass is 32.2. The molecule has 0 radical (unpaired) electrons. The van der Waals surface area contributed by atoms with Gasteiger partial charge in [-0.1, -0.05) is 56.3 Å². The average molecular weight is 568 g/mol. The fourth-order valence-electron chi connectivity index (χ4n) is 4.03. The number of sulfonamides is 1. The molecule has 1 atom stereocenters. The first-order chi connectivity index (χ1) is 19.1. The SMILES string of the molecule is COc1ccc(CN(C(=O)CN(c2ccccc2OC)S(=O)(=O)c2ccccc2)[C@@H](C)C(=O)NCC(C)C)cc1. The molecule has 40 heavy (non-hydrogen) atoms.